The van der Waals surface area contributed by atoms with Gasteiger partial charge in [-0.3, -0.25) is 4.79 Å². The molecule has 0 fully saturated rings. The van der Waals surface area contributed by atoms with Crippen molar-refractivity contribution in [3.63, 3.8) is 0 Å². The van der Waals surface area contributed by atoms with Crippen molar-refractivity contribution in [1.29, 1.82) is 5.26 Å². The summed E-state index contributed by atoms with van der Waals surface area (Å²) >= 11 is 0. The van der Waals surface area contributed by atoms with Gasteiger partial charge >= 0.3 is 0 Å². The highest BCUT2D eigenvalue weighted by molar-refractivity contribution is 5.94. The van der Waals surface area contributed by atoms with E-state index in [-0.39, 0.29) is 23.0 Å². The lowest BCUT2D eigenvalue weighted by Gasteiger charge is -2.04. The highest BCUT2D eigenvalue weighted by Gasteiger charge is 2.07. The average molecular weight is 220 g/mol. The zero-order valence-corrected chi connectivity index (χ0v) is 8.60. The molecular formula is C11H12N2O3. The van der Waals surface area contributed by atoms with Crippen LogP contribution in [0.3, 0.4) is 0 Å². The molecule has 1 amide bonds. The van der Waals surface area contributed by atoms with Gasteiger partial charge in [-0.25, -0.2) is 0 Å². The number of rotatable bonds is 4. The zero-order valence-electron chi connectivity index (χ0n) is 8.60. The number of hydrogen-bond donors (Lipinski definition) is 3. The number of nitrogens with zero attached hydrogens (tertiary/aromatic N) is 1. The van der Waals surface area contributed by atoms with Gasteiger partial charge in [-0.1, -0.05) is 0 Å². The molecule has 0 heterocycles. The SMILES string of the molecule is N#CCCCNC(=O)c1cc(O)cc(O)c1. The Bertz CT molecular complexity index is 403. The van der Waals surface area contributed by atoms with Crippen LogP contribution < -0.4 is 5.32 Å². The van der Waals surface area contributed by atoms with Crippen LogP contribution >= 0.6 is 0 Å². The number of aromatic hydroxyl groups is 2. The second kappa shape index (κ2) is 5.61. The average Bonchev–Trinajstić information content (AvgIpc) is 2.22. The van der Waals surface area contributed by atoms with E-state index in [1.165, 1.54) is 12.1 Å². The molecule has 0 aromatic heterocycles. The van der Waals surface area contributed by atoms with Gasteiger partial charge in [-0.2, -0.15) is 5.26 Å². The fourth-order valence-corrected chi connectivity index (χ4v) is 1.20. The maximum atomic E-state index is 11.5. The minimum Gasteiger partial charge on any atom is -0.508 e. The van der Waals surface area contributed by atoms with Crippen LogP contribution in [-0.2, 0) is 0 Å². The van der Waals surface area contributed by atoms with E-state index in [4.69, 9.17) is 15.5 Å². The van der Waals surface area contributed by atoms with Crippen LogP contribution in [-0.4, -0.2) is 22.7 Å². The van der Waals surface area contributed by atoms with Crippen molar-refractivity contribution in [3.8, 4) is 17.6 Å². The molecule has 16 heavy (non-hydrogen) atoms. The third-order valence-corrected chi connectivity index (χ3v) is 1.92. The molecule has 5 heteroatoms. The zero-order chi connectivity index (χ0) is 12.0. The second-order valence-corrected chi connectivity index (χ2v) is 3.26. The standard InChI is InChI=1S/C11H12N2O3/c12-3-1-2-4-13-11(16)8-5-9(14)7-10(15)6-8/h5-7,14-15H,1-2,4H2,(H,13,16). The Balaban J connectivity index is 2.56. The molecule has 0 atom stereocenters. The predicted molar refractivity (Wildman–Crippen MR) is 57.0 cm³/mol. The first-order valence-electron chi connectivity index (χ1n) is 4.81. The van der Waals surface area contributed by atoms with Crippen LogP contribution in [0.25, 0.3) is 0 Å². The van der Waals surface area contributed by atoms with E-state index in [2.05, 4.69) is 5.32 Å². The van der Waals surface area contributed by atoms with Crippen molar-refractivity contribution in [2.24, 2.45) is 0 Å². The highest BCUT2D eigenvalue weighted by Crippen LogP contribution is 2.20. The molecule has 1 rings (SSSR count). The van der Waals surface area contributed by atoms with Crippen LogP contribution in [0.15, 0.2) is 18.2 Å². The maximum Gasteiger partial charge on any atom is 0.251 e. The summed E-state index contributed by atoms with van der Waals surface area (Å²) in [5.41, 5.74) is 0.189. The Kier molecular flexibility index (Phi) is 4.16. The van der Waals surface area contributed by atoms with Gasteiger partial charge in [0.2, 0.25) is 0 Å². The molecule has 0 spiro atoms. The van der Waals surface area contributed by atoms with Gasteiger partial charge in [0.25, 0.3) is 5.91 Å². The largest absolute Gasteiger partial charge is 0.508 e. The van der Waals surface area contributed by atoms with Crippen molar-refractivity contribution >= 4 is 5.91 Å². The molecular weight excluding hydrogens is 208 g/mol. The van der Waals surface area contributed by atoms with E-state index in [9.17, 15) is 4.79 Å². The molecule has 0 aliphatic rings. The third kappa shape index (κ3) is 3.50. The number of unbranched alkanes of at least 4 members (excludes halogenated alkanes) is 1. The van der Waals surface area contributed by atoms with E-state index in [1.54, 1.807) is 0 Å². The minimum absolute atomic E-state index is 0.165. The summed E-state index contributed by atoms with van der Waals surface area (Å²) in [5, 5.41) is 29.2. The fraction of sp³-hybridized carbons (Fsp3) is 0.273. The molecule has 0 unspecified atom stereocenters. The van der Waals surface area contributed by atoms with Crippen molar-refractivity contribution in [2.75, 3.05) is 6.54 Å². The third-order valence-electron chi connectivity index (χ3n) is 1.92. The summed E-state index contributed by atoms with van der Waals surface area (Å²) in [5.74, 6) is -0.714. The Hall–Kier alpha value is -2.22. The molecule has 0 saturated carbocycles. The van der Waals surface area contributed by atoms with Gasteiger partial charge in [-0.05, 0) is 18.6 Å². The number of phenolic OH excluding ortho intramolecular Hbond substituents is 2. The first-order chi connectivity index (χ1) is 7.63. The Morgan fingerprint density at radius 1 is 1.31 bits per heavy atom. The van der Waals surface area contributed by atoms with Gasteiger partial charge in [0.1, 0.15) is 11.5 Å². The van der Waals surface area contributed by atoms with Crippen molar-refractivity contribution in [3.05, 3.63) is 23.8 Å². The van der Waals surface area contributed by atoms with Crippen molar-refractivity contribution in [2.45, 2.75) is 12.8 Å². The Morgan fingerprint density at radius 2 is 1.94 bits per heavy atom. The van der Waals surface area contributed by atoms with Crippen LogP contribution in [0.1, 0.15) is 23.2 Å². The first kappa shape index (κ1) is 11.9. The minimum atomic E-state index is -0.385. The van der Waals surface area contributed by atoms with Gasteiger partial charge < -0.3 is 15.5 Å². The van der Waals surface area contributed by atoms with E-state index in [1.807, 2.05) is 6.07 Å². The first-order valence-corrected chi connectivity index (χ1v) is 4.81. The quantitative estimate of drug-likeness (QED) is 0.663. The number of carbonyl (C=O) groups is 1. The number of hydrogen-bond acceptors (Lipinski definition) is 4. The number of benzene rings is 1. The van der Waals surface area contributed by atoms with Gasteiger partial charge in [0.05, 0.1) is 6.07 Å². The van der Waals surface area contributed by atoms with Gasteiger partial charge in [0, 0.05) is 24.6 Å². The molecule has 0 radical (unpaired) electrons. The van der Waals surface area contributed by atoms with Gasteiger partial charge in [0.15, 0.2) is 0 Å². The van der Waals surface area contributed by atoms with E-state index in [0.29, 0.717) is 19.4 Å². The van der Waals surface area contributed by atoms with Crippen molar-refractivity contribution < 1.29 is 15.0 Å². The molecule has 0 bridgehead atoms. The summed E-state index contributed by atoms with van der Waals surface area (Å²) < 4.78 is 0. The lowest BCUT2D eigenvalue weighted by Crippen LogP contribution is -2.24. The predicted octanol–water partition coefficient (Wildman–Crippen LogP) is 1.13. The summed E-state index contributed by atoms with van der Waals surface area (Å²) in [6.07, 6.45) is 0.957. The number of phenols is 2. The number of nitrogens with one attached hydrogen (secondary N) is 1. The molecule has 84 valence electrons. The van der Waals surface area contributed by atoms with Crippen molar-refractivity contribution in [1.82, 2.24) is 5.32 Å². The number of nitriles is 1. The summed E-state index contributed by atoms with van der Waals surface area (Å²) in [6, 6.07) is 5.64. The Morgan fingerprint density at radius 3 is 2.50 bits per heavy atom. The molecule has 1 aromatic carbocycles. The van der Waals surface area contributed by atoms with Crippen LogP contribution in [0.4, 0.5) is 0 Å². The fourth-order valence-electron chi connectivity index (χ4n) is 1.20. The molecule has 3 N–H and O–H groups in total. The monoisotopic (exact) mass is 220 g/mol. The molecule has 0 saturated heterocycles. The molecule has 0 aliphatic heterocycles. The highest BCUT2D eigenvalue weighted by atomic mass is 16.3. The Labute approximate surface area is 92.9 Å². The summed E-state index contributed by atoms with van der Waals surface area (Å²) in [4.78, 5) is 11.5. The van der Waals surface area contributed by atoms with Gasteiger partial charge in [-0.15, -0.1) is 0 Å². The lowest BCUT2D eigenvalue weighted by molar-refractivity contribution is 0.0952. The summed E-state index contributed by atoms with van der Waals surface area (Å²) in [7, 11) is 0. The topological polar surface area (TPSA) is 93.4 Å². The normalized spacial score (nSPS) is 9.44. The van der Waals surface area contributed by atoms with E-state index < -0.39 is 0 Å². The van der Waals surface area contributed by atoms with Crippen LogP contribution in [0.2, 0.25) is 0 Å². The molecule has 5 nitrogen and oxygen atoms in total. The molecule has 1 aromatic rings. The molecule has 0 aliphatic carbocycles. The van der Waals surface area contributed by atoms with E-state index in [0.717, 1.165) is 6.07 Å². The lowest BCUT2D eigenvalue weighted by atomic mass is 10.2. The number of carbonyl (C=O) groups excluding carboxylic acids is 1. The van der Waals surface area contributed by atoms with E-state index >= 15 is 0 Å². The number of amides is 1. The maximum absolute atomic E-state index is 11.5. The van der Waals surface area contributed by atoms with Crippen LogP contribution in [0, 0.1) is 11.3 Å². The van der Waals surface area contributed by atoms with Crippen LogP contribution in [0.5, 0.6) is 11.5 Å². The second-order valence-electron chi connectivity index (χ2n) is 3.26. The smallest absolute Gasteiger partial charge is 0.251 e. The summed E-state index contributed by atoms with van der Waals surface area (Å²) in [6.45, 7) is 0.392.